The highest BCUT2D eigenvalue weighted by Crippen LogP contribution is 2.36. The lowest BCUT2D eigenvalue weighted by Gasteiger charge is -2.14. The summed E-state index contributed by atoms with van der Waals surface area (Å²) < 4.78 is 17.2. The molecular formula is C21H26BrNO4. The lowest BCUT2D eigenvalue weighted by Crippen LogP contribution is -2.23. The second kappa shape index (κ2) is 10.9. The molecule has 0 radical (unpaired) electrons. The zero-order valence-electron chi connectivity index (χ0n) is 16.0. The lowest BCUT2D eigenvalue weighted by molar-refractivity contribution is 0.0950. The molecule has 6 heteroatoms. The molecule has 0 saturated carbocycles. The Labute approximate surface area is 169 Å². The second-order valence-electron chi connectivity index (χ2n) is 5.97. The van der Waals surface area contributed by atoms with Gasteiger partial charge >= 0.3 is 0 Å². The predicted molar refractivity (Wildman–Crippen MR) is 109 cm³/mol. The molecule has 0 spiro atoms. The van der Waals surface area contributed by atoms with Gasteiger partial charge in [0.1, 0.15) is 0 Å². The monoisotopic (exact) mass is 435 g/mol. The first kappa shape index (κ1) is 21.3. The van der Waals surface area contributed by atoms with Gasteiger partial charge in [-0.05, 0) is 52.5 Å². The van der Waals surface area contributed by atoms with E-state index in [0.29, 0.717) is 47.9 Å². The average molecular weight is 436 g/mol. The summed E-state index contributed by atoms with van der Waals surface area (Å²) in [6.45, 7) is 6.33. The van der Waals surface area contributed by atoms with Crippen LogP contribution in [0.25, 0.3) is 0 Å². The first-order chi connectivity index (χ1) is 13.1. The van der Waals surface area contributed by atoms with Crippen LogP contribution in [0.3, 0.4) is 0 Å². The van der Waals surface area contributed by atoms with Crippen LogP contribution < -0.4 is 14.8 Å². The summed E-state index contributed by atoms with van der Waals surface area (Å²) in [6.07, 6.45) is 0.890. The molecule has 0 aliphatic rings. The van der Waals surface area contributed by atoms with E-state index < -0.39 is 0 Å². The lowest BCUT2D eigenvalue weighted by atomic mass is 10.1. The van der Waals surface area contributed by atoms with Crippen LogP contribution in [-0.2, 0) is 17.9 Å². The van der Waals surface area contributed by atoms with Gasteiger partial charge < -0.3 is 19.5 Å². The first-order valence-corrected chi connectivity index (χ1v) is 9.82. The third kappa shape index (κ3) is 6.26. The van der Waals surface area contributed by atoms with E-state index in [1.54, 1.807) is 19.2 Å². The van der Waals surface area contributed by atoms with E-state index in [4.69, 9.17) is 14.2 Å². The molecular weight excluding hydrogens is 410 g/mol. The largest absolute Gasteiger partial charge is 0.493 e. The number of hydrogen-bond acceptors (Lipinski definition) is 4. The quantitative estimate of drug-likeness (QED) is 0.586. The van der Waals surface area contributed by atoms with Gasteiger partial charge in [-0.3, -0.25) is 4.79 Å². The molecule has 2 aromatic rings. The van der Waals surface area contributed by atoms with Gasteiger partial charge in [-0.25, -0.2) is 0 Å². The molecule has 0 fully saturated rings. The van der Waals surface area contributed by atoms with Crippen molar-refractivity contribution in [1.82, 2.24) is 5.32 Å². The van der Waals surface area contributed by atoms with Gasteiger partial charge in [0.05, 0.1) is 24.8 Å². The molecule has 2 rings (SSSR count). The molecule has 0 aliphatic carbocycles. The van der Waals surface area contributed by atoms with E-state index in [9.17, 15) is 4.79 Å². The zero-order valence-corrected chi connectivity index (χ0v) is 17.6. The van der Waals surface area contributed by atoms with Crippen molar-refractivity contribution in [2.45, 2.75) is 33.4 Å². The molecule has 27 heavy (non-hydrogen) atoms. The van der Waals surface area contributed by atoms with Crippen molar-refractivity contribution in [2.75, 3.05) is 20.3 Å². The number of amides is 1. The topological polar surface area (TPSA) is 56.8 Å². The minimum Gasteiger partial charge on any atom is -0.493 e. The maximum Gasteiger partial charge on any atom is 0.251 e. The standard InChI is InChI=1S/C21H26BrNO4/c1-4-10-27-20-18(22)11-17(12-19(20)25-3)21(24)23-13-15-6-8-16(9-7-15)14-26-5-2/h6-9,11-12H,4-5,10,13-14H2,1-3H3,(H,23,24). The summed E-state index contributed by atoms with van der Waals surface area (Å²) in [5, 5.41) is 2.93. The molecule has 146 valence electrons. The zero-order chi connectivity index (χ0) is 19.6. The van der Waals surface area contributed by atoms with Crippen LogP contribution in [0.15, 0.2) is 40.9 Å². The molecule has 1 amide bonds. The van der Waals surface area contributed by atoms with Crippen LogP contribution in [0, 0.1) is 0 Å². The maximum atomic E-state index is 12.5. The van der Waals surface area contributed by atoms with Crippen LogP contribution in [0.4, 0.5) is 0 Å². The van der Waals surface area contributed by atoms with Crippen LogP contribution >= 0.6 is 15.9 Å². The third-order valence-corrected chi connectivity index (χ3v) is 4.48. The first-order valence-electron chi connectivity index (χ1n) is 9.03. The van der Waals surface area contributed by atoms with Crippen molar-refractivity contribution in [3.8, 4) is 11.5 Å². The van der Waals surface area contributed by atoms with Crippen LogP contribution in [0.1, 0.15) is 41.8 Å². The Morgan fingerprint density at radius 1 is 1.11 bits per heavy atom. The number of rotatable bonds is 10. The van der Waals surface area contributed by atoms with Crippen LogP contribution in [0.2, 0.25) is 0 Å². The fourth-order valence-corrected chi connectivity index (χ4v) is 3.01. The van der Waals surface area contributed by atoms with Gasteiger partial charge in [-0.2, -0.15) is 0 Å². The summed E-state index contributed by atoms with van der Waals surface area (Å²) in [5.41, 5.74) is 2.65. The van der Waals surface area contributed by atoms with Gasteiger partial charge in [0, 0.05) is 18.7 Å². The van der Waals surface area contributed by atoms with Crippen LogP contribution in [0.5, 0.6) is 11.5 Å². The summed E-state index contributed by atoms with van der Waals surface area (Å²) in [7, 11) is 1.56. The van der Waals surface area contributed by atoms with E-state index in [0.717, 1.165) is 17.5 Å². The number of halogens is 1. The Morgan fingerprint density at radius 2 is 1.81 bits per heavy atom. The second-order valence-corrected chi connectivity index (χ2v) is 6.83. The molecule has 1 N–H and O–H groups in total. The molecule has 2 aromatic carbocycles. The summed E-state index contributed by atoms with van der Waals surface area (Å²) in [6, 6.07) is 11.4. The Hall–Kier alpha value is -2.05. The number of benzene rings is 2. The number of methoxy groups -OCH3 is 1. The van der Waals surface area contributed by atoms with Gasteiger partial charge in [-0.15, -0.1) is 0 Å². The molecule has 0 saturated heterocycles. The fraction of sp³-hybridized carbons (Fsp3) is 0.381. The summed E-state index contributed by atoms with van der Waals surface area (Å²) >= 11 is 3.47. The van der Waals surface area contributed by atoms with E-state index in [-0.39, 0.29) is 5.91 Å². The highest BCUT2D eigenvalue weighted by molar-refractivity contribution is 9.10. The molecule has 0 heterocycles. The van der Waals surface area contributed by atoms with Crippen molar-refractivity contribution in [3.05, 3.63) is 57.6 Å². The summed E-state index contributed by atoms with van der Waals surface area (Å²) in [5.74, 6) is 0.971. The normalized spacial score (nSPS) is 10.5. The molecule has 5 nitrogen and oxygen atoms in total. The minimum atomic E-state index is -0.172. The van der Waals surface area contributed by atoms with Crippen molar-refractivity contribution in [2.24, 2.45) is 0 Å². The van der Waals surface area contributed by atoms with Gasteiger partial charge in [0.25, 0.3) is 5.91 Å². The Balaban J connectivity index is 2.02. The Bertz CT molecular complexity index is 747. The highest BCUT2D eigenvalue weighted by Gasteiger charge is 2.15. The SMILES string of the molecule is CCCOc1c(Br)cc(C(=O)NCc2ccc(COCC)cc2)cc1OC. The van der Waals surface area contributed by atoms with Gasteiger partial charge in [0.2, 0.25) is 0 Å². The summed E-state index contributed by atoms with van der Waals surface area (Å²) in [4.78, 5) is 12.5. The maximum absolute atomic E-state index is 12.5. The van der Waals surface area contributed by atoms with E-state index >= 15 is 0 Å². The number of nitrogens with one attached hydrogen (secondary N) is 1. The molecule has 0 unspecified atom stereocenters. The Morgan fingerprint density at radius 3 is 2.44 bits per heavy atom. The van der Waals surface area contributed by atoms with Crippen molar-refractivity contribution < 1.29 is 19.0 Å². The van der Waals surface area contributed by atoms with Gasteiger partial charge in [-0.1, -0.05) is 31.2 Å². The van der Waals surface area contributed by atoms with Crippen LogP contribution in [-0.4, -0.2) is 26.2 Å². The number of hydrogen-bond donors (Lipinski definition) is 1. The van der Waals surface area contributed by atoms with Crippen molar-refractivity contribution in [3.63, 3.8) is 0 Å². The highest BCUT2D eigenvalue weighted by atomic mass is 79.9. The van der Waals surface area contributed by atoms with E-state index in [1.165, 1.54) is 0 Å². The molecule has 0 bridgehead atoms. The van der Waals surface area contributed by atoms with Crippen molar-refractivity contribution in [1.29, 1.82) is 0 Å². The smallest absolute Gasteiger partial charge is 0.251 e. The van der Waals surface area contributed by atoms with Gasteiger partial charge in [0.15, 0.2) is 11.5 Å². The molecule has 0 aliphatic heterocycles. The minimum absolute atomic E-state index is 0.172. The number of ether oxygens (including phenoxy) is 3. The third-order valence-electron chi connectivity index (χ3n) is 3.89. The van der Waals surface area contributed by atoms with Crippen molar-refractivity contribution >= 4 is 21.8 Å². The van der Waals surface area contributed by atoms with E-state index in [2.05, 4.69) is 21.2 Å². The molecule has 0 atom stereocenters. The molecule has 0 aromatic heterocycles. The van der Waals surface area contributed by atoms with E-state index in [1.807, 2.05) is 38.1 Å². The fourth-order valence-electron chi connectivity index (χ4n) is 2.45. The predicted octanol–water partition coefficient (Wildman–Crippen LogP) is 4.71. The average Bonchev–Trinajstić information content (AvgIpc) is 2.69. The number of carbonyl (C=O) groups excluding carboxylic acids is 1. The Kier molecular flexibility index (Phi) is 8.61. The number of carbonyl (C=O) groups is 1.